The second kappa shape index (κ2) is 8.50. The van der Waals surface area contributed by atoms with Gasteiger partial charge in [0, 0.05) is 31.4 Å². The standard InChI is InChI=1S/C22H20FN5O4/c1-24-19(30)16-11-14(23)8-7-13(16)12-28(15-5-3-2-4-6-15)20(31)17-18(29)21(32)27-10-9-25-22(27)26-17/h2-8,11,29H,9-10,12H2,1H3,(H,24,30)(H,25,26). The summed E-state index contributed by atoms with van der Waals surface area (Å²) < 4.78 is 15.1. The van der Waals surface area contributed by atoms with Crippen molar-refractivity contribution in [3.05, 3.63) is 81.5 Å². The first-order valence-corrected chi connectivity index (χ1v) is 9.85. The first kappa shape index (κ1) is 21.0. The summed E-state index contributed by atoms with van der Waals surface area (Å²) in [6.45, 7) is 0.655. The molecule has 0 fully saturated rings. The summed E-state index contributed by atoms with van der Waals surface area (Å²) in [6.07, 6.45) is 0. The summed E-state index contributed by atoms with van der Waals surface area (Å²) in [5.74, 6) is -2.41. The Morgan fingerprint density at radius 3 is 2.72 bits per heavy atom. The highest BCUT2D eigenvalue weighted by Crippen LogP contribution is 2.25. The molecule has 3 N–H and O–H groups in total. The van der Waals surface area contributed by atoms with Gasteiger partial charge < -0.3 is 20.6 Å². The van der Waals surface area contributed by atoms with Gasteiger partial charge in [0.05, 0.1) is 6.54 Å². The zero-order valence-electron chi connectivity index (χ0n) is 17.1. The number of carbonyl (C=O) groups excluding carboxylic acids is 2. The molecule has 0 saturated carbocycles. The van der Waals surface area contributed by atoms with Crippen LogP contribution in [0.15, 0.2) is 53.3 Å². The molecule has 0 unspecified atom stereocenters. The Balaban J connectivity index is 1.81. The lowest BCUT2D eigenvalue weighted by Gasteiger charge is -2.24. The van der Waals surface area contributed by atoms with E-state index in [0.717, 1.165) is 6.07 Å². The molecule has 10 heteroatoms. The van der Waals surface area contributed by atoms with Gasteiger partial charge in [0.2, 0.25) is 11.7 Å². The van der Waals surface area contributed by atoms with Crippen LogP contribution in [0.5, 0.6) is 5.75 Å². The third-order valence-electron chi connectivity index (χ3n) is 5.15. The number of rotatable bonds is 5. The van der Waals surface area contributed by atoms with Crippen molar-refractivity contribution in [3.8, 4) is 5.75 Å². The number of amides is 2. The van der Waals surface area contributed by atoms with E-state index in [-0.39, 0.29) is 18.1 Å². The predicted molar refractivity (Wildman–Crippen MR) is 115 cm³/mol. The van der Waals surface area contributed by atoms with E-state index in [1.165, 1.54) is 28.6 Å². The molecule has 0 spiro atoms. The van der Waals surface area contributed by atoms with Gasteiger partial charge in [-0.2, -0.15) is 0 Å². The number of anilines is 2. The van der Waals surface area contributed by atoms with Crippen molar-refractivity contribution in [2.45, 2.75) is 13.1 Å². The van der Waals surface area contributed by atoms with Crippen LogP contribution in [0.25, 0.3) is 0 Å². The quantitative estimate of drug-likeness (QED) is 0.560. The third-order valence-corrected chi connectivity index (χ3v) is 5.15. The van der Waals surface area contributed by atoms with Crippen molar-refractivity contribution in [2.75, 3.05) is 23.8 Å². The fourth-order valence-electron chi connectivity index (χ4n) is 3.53. The Kier molecular flexibility index (Phi) is 5.59. The molecule has 1 aliphatic rings. The molecule has 0 atom stereocenters. The number of benzene rings is 2. The molecule has 3 aromatic rings. The number of hydrogen-bond acceptors (Lipinski definition) is 6. The number of halogens is 1. The number of para-hydroxylation sites is 1. The van der Waals surface area contributed by atoms with E-state index in [9.17, 15) is 23.9 Å². The van der Waals surface area contributed by atoms with Gasteiger partial charge in [0.25, 0.3) is 17.4 Å². The molecule has 0 bridgehead atoms. The first-order chi connectivity index (χ1) is 15.4. The summed E-state index contributed by atoms with van der Waals surface area (Å²) in [5, 5.41) is 15.8. The van der Waals surface area contributed by atoms with Gasteiger partial charge in [-0.1, -0.05) is 24.3 Å². The Morgan fingerprint density at radius 1 is 1.25 bits per heavy atom. The van der Waals surface area contributed by atoms with Crippen LogP contribution in [0.3, 0.4) is 0 Å². The second-order valence-corrected chi connectivity index (χ2v) is 7.12. The van der Waals surface area contributed by atoms with E-state index in [2.05, 4.69) is 15.6 Å². The van der Waals surface area contributed by atoms with Gasteiger partial charge in [-0.15, -0.1) is 0 Å². The Labute approximate surface area is 182 Å². The van der Waals surface area contributed by atoms with E-state index in [0.29, 0.717) is 24.3 Å². The molecule has 164 valence electrons. The highest BCUT2D eigenvalue weighted by Gasteiger charge is 2.29. The number of aromatic hydroxyl groups is 1. The Morgan fingerprint density at radius 2 is 2.00 bits per heavy atom. The van der Waals surface area contributed by atoms with Gasteiger partial charge in [-0.05, 0) is 29.8 Å². The van der Waals surface area contributed by atoms with Crippen molar-refractivity contribution >= 4 is 23.5 Å². The predicted octanol–water partition coefficient (Wildman–Crippen LogP) is 1.72. The molecular formula is C22H20FN5O4. The molecule has 0 radical (unpaired) electrons. The zero-order valence-corrected chi connectivity index (χ0v) is 17.1. The first-order valence-electron chi connectivity index (χ1n) is 9.85. The lowest BCUT2D eigenvalue weighted by Crippen LogP contribution is -2.34. The van der Waals surface area contributed by atoms with Crippen LogP contribution in [0.2, 0.25) is 0 Å². The summed E-state index contributed by atoms with van der Waals surface area (Å²) in [7, 11) is 1.42. The van der Waals surface area contributed by atoms with Crippen molar-refractivity contribution in [1.82, 2.24) is 14.9 Å². The number of carbonyl (C=O) groups is 2. The molecule has 0 aliphatic carbocycles. The number of nitrogens with zero attached hydrogens (tertiary/aromatic N) is 3. The minimum Gasteiger partial charge on any atom is -0.501 e. The highest BCUT2D eigenvalue weighted by atomic mass is 19.1. The van der Waals surface area contributed by atoms with Crippen LogP contribution in [0.4, 0.5) is 16.0 Å². The summed E-state index contributed by atoms with van der Waals surface area (Å²) >= 11 is 0. The van der Waals surface area contributed by atoms with E-state index < -0.39 is 34.6 Å². The molecular weight excluding hydrogens is 417 g/mol. The van der Waals surface area contributed by atoms with Crippen LogP contribution < -0.4 is 21.1 Å². The molecule has 1 aliphatic heterocycles. The van der Waals surface area contributed by atoms with Crippen molar-refractivity contribution in [1.29, 1.82) is 0 Å². The number of fused-ring (bicyclic) bond motifs is 1. The van der Waals surface area contributed by atoms with E-state index in [4.69, 9.17) is 0 Å². The van der Waals surface area contributed by atoms with Crippen LogP contribution >= 0.6 is 0 Å². The van der Waals surface area contributed by atoms with E-state index in [1.807, 2.05) is 0 Å². The zero-order chi connectivity index (χ0) is 22.8. The van der Waals surface area contributed by atoms with Gasteiger partial charge in [-0.25, -0.2) is 9.37 Å². The van der Waals surface area contributed by atoms with Gasteiger partial charge in [-0.3, -0.25) is 19.0 Å². The van der Waals surface area contributed by atoms with Gasteiger partial charge in [0.15, 0.2) is 5.69 Å². The topological polar surface area (TPSA) is 117 Å². The average Bonchev–Trinajstić information content (AvgIpc) is 3.29. The molecule has 32 heavy (non-hydrogen) atoms. The molecule has 2 amide bonds. The SMILES string of the molecule is CNC(=O)c1cc(F)ccc1CN(C(=O)c1nc2n(c(=O)c1O)CCN2)c1ccccc1. The maximum Gasteiger partial charge on any atom is 0.298 e. The lowest BCUT2D eigenvalue weighted by atomic mass is 10.0. The average molecular weight is 437 g/mol. The van der Waals surface area contributed by atoms with Gasteiger partial charge in [0.1, 0.15) is 5.82 Å². The monoisotopic (exact) mass is 437 g/mol. The van der Waals surface area contributed by atoms with Crippen molar-refractivity contribution < 1.29 is 19.1 Å². The fraction of sp³-hybridized carbons (Fsp3) is 0.182. The van der Waals surface area contributed by atoms with Crippen molar-refractivity contribution in [2.24, 2.45) is 0 Å². The summed E-state index contributed by atoms with van der Waals surface area (Å²) in [4.78, 5) is 43.7. The number of nitrogens with one attached hydrogen (secondary N) is 2. The van der Waals surface area contributed by atoms with E-state index >= 15 is 0 Å². The third kappa shape index (κ3) is 3.78. The lowest BCUT2D eigenvalue weighted by molar-refractivity contribution is 0.0953. The molecule has 2 aromatic carbocycles. The highest BCUT2D eigenvalue weighted by molar-refractivity contribution is 6.06. The maximum atomic E-state index is 13.8. The fourth-order valence-corrected chi connectivity index (χ4v) is 3.53. The Bertz CT molecular complexity index is 1260. The molecule has 1 aromatic heterocycles. The largest absolute Gasteiger partial charge is 0.501 e. The molecule has 9 nitrogen and oxygen atoms in total. The van der Waals surface area contributed by atoms with Crippen LogP contribution in [0.1, 0.15) is 26.4 Å². The van der Waals surface area contributed by atoms with Crippen LogP contribution in [-0.4, -0.2) is 40.1 Å². The minimum atomic E-state index is -0.756. The maximum absolute atomic E-state index is 13.8. The number of hydrogen-bond donors (Lipinski definition) is 3. The van der Waals surface area contributed by atoms with Gasteiger partial charge >= 0.3 is 0 Å². The number of aromatic nitrogens is 2. The second-order valence-electron chi connectivity index (χ2n) is 7.12. The van der Waals surface area contributed by atoms with Crippen LogP contribution in [0, 0.1) is 5.82 Å². The summed E-state index contributed by atoms with van der Waals surface area (Å²) in [5.41, 5.74) is -0.251. The molecule has 0 saturated heterocycles. The summed E-state index contributed by atoms with van der Waals surface area (Å²) in [6, 6.07) is 12.2. The van der Waals surface area contributed by atoms with Crippen molar-refractivity contribution in [3.63, 3.8) is 0 Å². The Hall–Kier alpha value is -4.21. The minimum absolute atomic E-state index is 0.0640. The normalized spacial score (nSPS) is 12.1. The van der Waals surface area contributed by atoms with Crippen LogP contribution in [-0.2, 0) is 13.1 Å². The van der Waals surface area contributed by atoms with E-state index in [1.54, 1.807) is 30.3 Å². The molecule has 4 rings (SSSR count). The smallest absolute Gasteiger partial charge is 0.298 e. The molecule has 2 heterocycles.